The van der Waals surface area contributed by atoms with E-state index in [1.807, 2.05) is 19.1 Å². The topological polar surface area (TPSA) is 49.4 Å². The van der Waals surface area contributed by atoms with Crippen LogP contribution in [0.3, 0.4) is 0 Å². The van der Waals surface area contributed by atoms with E-state index in [1.165, 1.54) is 25.7 Å². The Bertz CT molecular complexity index is 537. The van der Waals surface area contributed by atoms with Gasteiger partial charge in [0.15, 0.2) is 0 Å². The third-order valence-corrected chi connectivity index (χ3v) is 5.71. The van der Waals surface area contributed by atoms with Crippen molar-refractivity contribution in [2.24, 2.45) is 0 Å². The van der Waals surface area contributed by atoms with Gasteiger partial charge in [-0.3, -0.25) is 0 Å². The summed E-state index contributed by atoms with van der Waals surface area (Å²) >= 11 is 0. The van der Waals surface area contributed by atoms with Gasteiger partial charge in [0.2, 0.25) is 10.0 Å². The maximum absolute atomic E-state index is 12.2. The van der Waals surface area contributed by atoms with Crippen LogP contribution in [0, 0.1) is 6.92 Å². The Morgan fingerprint density at radius 3 is 2.55 bits per heavy atom. The van der Waals surface area contributed by atoms with Gasteiger partial charge in [-0.25, -0.2) is 13.1 Å². The SMILES string of the molecule is Cc1ccccc1S(=O)(=O)NCCN(C)C1CCCC1. The van der Waals surface area contributed by atoms with E-state index in [0.29, 0.717) is 17.5 Å². The Morgan fingerprint density at radius 2 is 1.90 bits per heavy atom. The molecule has 4 nitrogen and oxygen atoms in total. The quantitative estimate of drug-likeness (QED) is 0.875. The minimum atomic E-state index is -3.39. The summed E-state index contributed by atoms with van der Waals surface area (Å²) in [6.07, 6.45) is 5.07. The normalized spacial score (nSPS) is 16.9. The van der Waals surface area contributed by atoms with Crippen LogP contribution in [-0.4, -0.2) is 39.5 Å². The second kappa shape index (κ2) is 6.70. The van der Waals surface area contributed by atoms with Crippen LogP contribution >= 0.6 is 0 Å². The molecule has 1 fully saturated rings. The monoisotopic (exact) mass is 296 g/mol. The lowest BCUT2D eigenvalue weighted by Crippen LogP contribution is -2.37. The first kappa shape index (κ1) is 15.5. The van der Waals surface area contributed by atoms with Crippen molar-refractivity contribution < 1.29 is 8.42 Å². The molecule has 0 aromatic heterocycles. The molecular weight excluding hydrogens is 272 g/mol. The largest absolute Gasteiger partial charge is 0.302 e. The smallest absolute Gasteiger partial charge is 0.240 e. The molecule has 0 bridgehead atoms. The Hall–Kier alpha value is -0.910. The fraction of sp³-hybridized carbons (Fsp3) is 0.600. The van der Waals surface area contributed by atoms with Crippen LogP contribution in [0.4, 0.5) is 0 Å². The number of hydrogen-bond acceptors (Lipinski definition) is 3. The van der Waals surface area contributed by atoms with Crippen LogP contribution in [0.25, 0.3) is 0 Å². The van der Waals surface area contributed by atoms with Crippen LogP contribution in [0.2, 0.25) is 0 Å². The van der Waals surface area contributed by atoms with Crippen molar-refractivity contribution in [2.45, 2.75) is 43.5 Å². The van der Waals surface area contributed by atoms with E-state index in [9.17, 15) is 8.42 Å². The minimum absolute atomic E-state index is 0.378. The number of aryl methyl sites for hydroxylation is 1. The number of nitrogens with one attached hydrogen (secondary N) is 1. The highest BCUT2D eigenvalue weighted by atomic mass is 32.2. The summed E-state index contributed by atoms with van der Waals surface area (Å²) in [4.78, 5) is 2.65. The Morgan fingerprint density at radius 1 is 1.25 bits per heavy atom. The molecule has 1 aromatic carbocycles. The van der Waals surface area contributed by atoms with Gasteiger partial charge in [-0.05, 0) is 38.4 Å². The molecule has 2 rings (SSSR count). The molecule has 0 heterocycles. The summed E-state index contributed by atoms with van der Waals surface area (Å²) < 4.78 is 27.2. The summed E-state index contributed by atoms with van der Waals surface area (Å²) in [5, 5.41) is 0. The summed E-state index contributed by atoms with van der Waals surface area (Å²) in [5.41, 5.74) is 0.782. The standard InChI is InChI=1S/C15H24N2O2S/c1-13-7-3-6-10-15(13)20(18,19)16-11-12-17(2)14-8-4-5-9-14/h3,6-7,10,14,16H,4-5,8-9,11-12H2,1-2H3. The molecule has 0 radical (unpaired) electrons. The molecule has 112 valence electrons. The van der Waals surface area contributed by atoms with Gasteiger partial charge in [0.1, 0.15) is 0 Å². The number of likely N-dealkylation sites (N-methyl/N-ethyl adjacent to an activating group) is 1. The minimum Gasteiger partial charge on any atom is -0.302 e. The van der Waals surface area contributed by atoms with Crippen LogP contribution in [0.5, 0.6) is 0 Å². The van der Waals surface area contributed by atoms with Gasteiger partial charge in [0, 0.05) is 19.1 Å². The molecule has 5 heteroatoms. The molecule has 1 N–H and O–H groups in total. The van der Waals surface area contributed by atoms with Gasteiger partial charge >= 0.3 is 0 Å². The lowest BCUT2D eigenvalue weighted by molar-refractivity contribution is 0.250. The summed E-state index contributed by atoms with van der Waals surface area (Å²) in [5.74, 6) is 0. The van der Waals surface area contributed by atoms with E-state index in [-0.39, 0.29) is 0 Å². The molecule has 1 saturated carbocycles. The molecule has 0 unspecified atom stereocenters. The van der Waals surface area contributed by atoms with Crippen molar-refractivity contribution in [2.75, 3.05) is 20.1 Å². The zero-order chi connectivity index (χ0) is 14.6. The third-order valence-electron chi connectivity index (χ3n) is 4.09. The van der Waals surface area contributed by atoms with Crippen molar-refractivity contribution in [3.8, 4) is 0 Å². The van der Waals surface area contributed by atoms with Crippen molar-refractivity contribution >= 4 is 10.0 Å². The third kappa shape index (κ3) is 3.81. The van der Waals surface area contributed by atoms with E-state index >= 15 is 0 Å². The highest BCUT2D eigenvalue weighted by Crippen LogP contribution is 2.22. The van der Waals surface area contributed by atoms with E-state index in [1.54, 1.807) is 12.1 Å². The van der Waals surface area contributed by atoms with Crippen molar-refractivity contribution in [3.05, 3.63) is 29.8 Å². The van der Waals surface area contributed by atoms with Crippen LogP contribution in [0.1, 0.15) is 31.2 Å². The van der Waals surface area contributed by atoms with Crippen molar-refractivity contribution in [1.29, 1.82) is 0 Å². The van der Waals surface area contributed by atoms with Gasteiger partial charge in [-0.1, -0.05) is 31.0 Å². The second-order valence-electron chi connectivity index (χ2n) is 5.58. The molecule has 0 amide bonds. The highest BCUT2D eigenvalue weighted by Gasteiger charge is 2.20. The second-order valence-corrected chi connectivity index (χ2v) is 7.32. The Labute approximate surface area is 122 Å². The van der Waals surface area contributed by atoms with Gasteiger partial charge < -0.3 is 4.90 Å². The maximum Gasteiger partial charge on any atom is 0.240 e. The molecule has 0 aliphatic heterocycles. The fourth-order valence-corrected chi connectivity index (χ4v) is 4.08. The first-order valence-electron chi connectivity index (χ1n) is 7.26. The van der Waals surface area contributed by atoms with Crippen LogP contribution in [0.15, 0.2) is 29.2 Å². The van der Waals surface area contributed by atoms with E-state index in [2.05, 4.69) is 16.7 Å². The van der Waals surface area contributed by atoms with Crippen molar-refractivity contribution in [3.63, 3.8) is 0 Å². The average molecular weight is 296 g/mol. The predicted molar refractivity (Wildman–Crippen MR) is 81.3 cm³/mol. The zero-order valence-electron chi connectivity index (χ0n) is 12.3. The van der Waals surface area contributed by atoms with Crippen molar-refractivity contribution in [1.82, 2.24) is 9.62 Å². The van der Waals surface area contributed by atoms with Gasteiger partial charge in [-0.15, -0.1) is 0 Å². The van der Waals surface area contributed by atoms with E-state index < -0.39 is 10.0 Å². The predicted octanol–water partition coefficient (Wildman–Crippen LogP) is 2.15. The molecule has 0 atom stereocenters. The summed E-state index contributed by atoms with van der Waals surface area (Å²) in [6, 6.07) is 7.70. The molecule has 0 saturated heterocycles. The number of sulfonamides is 1. The zero-order valence-corrected chi connectivity index (χ0v) is 13.1. The Kier molecular flexibility index (Phi) is 5.18. The fourth-order valence-electron chi connectivity index (χ4n) is 2.82. The number of nitrogens with zero attached hydrogens (tertiary/aromatic N) is 1. The average Bonchev–Trinajstić information content (AvgIpc) is 2.92. The number of benzene rings is 1. The molecule has 1 aliphatic rings. The van der Waals surface area contributed by atoms with Crippen LogP contribution < -0.4 is 4.72 Å². The van der Waals surface area contributed by atoms with E-state index in [0.717, 1.165) is 12.1 Å². The van der Waals surface area contributed by atoms with E-state index in [4.69, 9.17) is 0 Å². The molecular formula is C15H24N2O2S. The molecule has 20 heavy (non-hydrogen) atoms. The van der Waals surface area contributed by atoms with Gasteiger partial charge in [0.25, 0.3) is 0 Å². The lowest BCUT2D eigenvalue weighted by atomic mass is 10.2. The number of rotatable bonds is 6. The molecule has 0 spiro atoms. The maximum atomic E-state index is 12.2. The number of hydrogen-bond donors (Lipinski definition) is 1. The van der Waals surface area contributed by atoms with Crippen LogP contribution in [-0.2, 0) is 10.0 Å². The first-order valence-corrected chi connectivity index (χ1v) is 8.74. The summed E-state index contributed by atoms with van der Waals surface area (Å²) in [7, 11) is -1.31. The molecule has 1 aliphatic carbocycles. The first-order chi connectivity index (χ1) is 9.50. The Balaban J connectivity index is 1.88. The lowest BCUT2D eigenvalue weighted by Gasteiger charge is -2.23. The van der Waals surface area contributed by atoms with Gasteiger partial charge in [-0.2, -0.15) is 0 Å². The van der Waals surface area contributed by atoms with Gasteiger partial charge in [0.05, 0.1) is 4.90 Å². The molecule has 1 aromatic rings. The highest BCUT2D eigenvalue weighted by molar-refractivity contribution is 7.89. The summed E-state index contributed by atoms with van der Waals surface area (Å²) in [6.45, 7) is 3.04.